The van der Waals surface area contributed by atoms with Crippen molar-refractivity contribution in [2.24, 2.45) is 0 Å². The predicted octanol–water partition coefficient (Wildman–Crippen LogP) is 7.35. The SMILES string of the molecule is CCc1cc(CC)cc([Si](C2=C(C)C=CC2)(c2cc(CC)cc(CC)c2)c2cc(CC)cc(CC)c2)c1. The fourth-order valence-corrected chi connectivity index (χ4v) is 11.8. The maximum Gasteiger partial charge on any atom is 0.176 e. The lowest BCUT2D eigenvalue weighted by molar-refractivity contribution is 1.09. The Morgan fingerprint density at radius 3 is 1.00 bits per heavy atom. The van der Waals surface area contributed by atoms with E-state index in [9.17, 15) is 0 Å². The summed E-state index contributed by atoms with van der Waals surface area (Å²) in [6.07, 6.45) is 12.3. The Morgan fingerprint density at radius 2 is 0.784 bits per heavy atom. The molecule has 0 atom stereocenters. The van der Waals surface area contributed by atoms with Gasteiger partial charge in [0.15, 0.2) is 8.07 Å². The minimum absolute atomic E-state index is 1.06. The molecular weight excluding hydrogens is 460 g/mol. The van der Waals surface area contributed by atoms with Crippen LogP contribution in [0.25, 0.3) is 0 Å². The van der Waals surface area contributed by atoms with Crippen molar-refractivity contribution in [3.63, 3.8) is 0 Å². The molecule has 0 saturated heterocycles. The highest BCUT2D eigenvalue weighted by Crippen LogP contribution is 2.30. The third kappa shape index (κ3) is 5.21. The van der Waals surface area contributed by atoms with E-state index >= 15 is 0 Å². The van der Waals surface area contributed by atoms with Gasteiger partial charge in [0.25, 0.3) is 0 Å². The second-order valence-electron chi connectivity index (χ2n) is 10.8. The van der Waals surface area contributed by atoms with Crippen LogP contribution in [-0.2, 0) is 38.5 Å². The van der Waals surface area contributed by atoms with Crippen LogP contribution in [0.3, 0.4) is 0 Å². The molecule has 3 aromatic carbocycles. The summed E-state index contributed by atoms with van der Waals surface area (Å²) in [4.78, 5) is 0. The summed E-state index contributed by atoms with van der Waals surface area (Å²) in [6, 6.07) is 22.8. The Hall–Kier alpha value is -2.64. The van der Waals surface area contributed by atoms with Crippen molar-refractivity contribution in [1.29, 1.82) is 0 Å². The molecule has 0 unspecified atom stereocenters. The first-order chi connectivity index (χ1) is 17.9. The molecule has 1 aliphatic carbocycles. The number of benzene rings is 3. The van der Waals surface area contributed by atoms with Gasteiger partial charge in [0, 0.05) is 0 Å². The van der Waals surface area contributed by atoms with Gasteiger partial charge in [0.05, 0.1) is 0 Å². The summed E-state index contributed by atoms with van der Waals surface area (Å²) in [6.45, 7) is 16.2. The second-order valence-corrected chi connectivity index (χ2v) is 14.6. The Labute approximate surface area is 227 Å². The molecule has 0 aliphatic heterocycles. The van der Waals surface area contributed by atoms with E-state index in [2.05, 4.69) is 115 Å². The van der Waals surface area contributed by atoms with E-state index in [0.29, 0.717) is 0 Å². The summed E-state index contributed by atoms with van der Waals surface area (Å²) in [5, 5.41) is 6.40. The van der Waals surface area contributed by atoms with Gasteiger partial charge in [0.2, 0.25) is 0 Å². The van der Waals surface area contributed by atoms with Gasteiger partial charge in [-0.2, -0.15) is 0 Å². The van der Waals surface area contributed by atoms with Crippen molar-refractivity contribution < 1.29 is 0 Å². The monoisotopic (exact) mass is 506 g/mol. The van der Waals surface area contributed by atoms with Crippen LogP contribution >= 0.6 is 0 Å². The van der Waals surface area contributed by atoms with Crippen LogP contribution in [0, 0.1) is 0 Å². The van der Waals surface area contributed by atoms with Crippen LogP contribution in [0.4, 0.5) is 0 Å². The summed E-state index contributed by atoms with van der Waals surface area (Å²) in [5.74, 6) is 0. The number of hydrogen-bond acceptors (Lipinski definition) is 0. The smallest absolute Gasteiger partial charge is 0.0806 e. The molecule has 0 spiro atoms. The molecular formula is C36H46Si. The van der Waals surface area contributed by atoms with Crippen molar-refractivity contribution in [2.75, 3.05) is 0 Å². The first-order valence-corrected chi connectivity index (χ1v) is 16.7. The van der Waals surface area contributed by atoms with Crippen LogP contribution in [0.5, 0.6) is 0 Å². The topological polar surface area (TPSA) is 0 Å². The molecule has 1 heteroatoms. The van der Waals surface area contributed by atoms with Crippen molar-refractivity contribution in [3.8, 4) is 0 Å². The molecule has 0 amide bonds. The lowest BCUT2D eigenvalue weighted by atomic mass is 10.1. The number of allylic oxidation sites excluding steroid dienone is 4. The predicted molar refractivity (Wildman–Crippen MR) is 167 cm³/mol. The van der Waals surface area contributed by atoms with E-state index in [4.69, 9.17) is 0 Å². The Balaban J connectivity index is 2.24. The van der Waals surface area contributed by atoms with E-state index in [1.54, 1.807) is 20.8 Å². The third-order valence-electron chi connectivity index (χ3n) is 8.52. The lowest BCUT2D eigenvalue weighted by Gasteiger charge is -2.38. The summed E-state index contributed by atoms with van der Waals surface area (Å²) >= 11 is 0. The second kappa shape index (κ2) is 11.8. The minimum Gasteiger partial charge on any atom is -0.0806 e. The summed E-state index contributed by atoms with van der Waals surface area (Å²) in [5.41, 5.74) is 10.3. The Bertz CT molecular complexity index is 1120. The zero-order chi connectivity index (χ0) is 26.6. The number of rotatable bonds is 10. The maximum atomic E-state index is 2.58. The zero-order valence-electron chi connectivity index (χ0n) is 24.3. The van der Waals surface area contributed by atoms with Crippen molar-refractivity contribution in [1.82, 2.24) is 0 Å². The zero-order valence-corrected chi connectivity index (χ0v) is 25.3. The van der Waals surface area contributed by atoms with Crippen LogP contribution in [0.2, 0.25) is 0 Å². The van der Waals surface area contributed by atoms with Crippen molar-refractivity contribution in [2.45, 2.75) is 93.4 Å². The average Bonchev–Trinajstić information content (AvgIpc) is 3.38. The standard InChI is InChI=1S/C36H46Si/c1-8-27-17-28(9-2)21-33(20-27)37(36-16-14-15-26(36)7,34-22-29(10-3)18-30(11-4)23-34)35-24-31(12-5)19-32(13-6)25-35/h14-15,17-25H,8-13,16H2,1-7H3. The highest BCUT2D eigenvalue weighted by atomic mass is 28.3. The van der Waals surface area contributed by atoms with E-state index in [0.717, 1.165) is 44.9 Å². The number of hydrogen-bond donors (Lipinski definition) is 0. The Kier molecular flexibility index (Phi) is 8.75. The molecule has 0 bridgehead atoms. The first kappa shape index (κ1) is 27.4. The molecule has 0 heterocycles. The largest absolute Gasteiger partial charge is 0.176 e. The third-order valence-corrected chi connectivity index (χ3v) is 13.5. The number of aryl methyl sites for hydroxylation is 6. The van der Waals surface area contributed by atoms with Gasteiger partial charge in [0.1, 0.15) is 0 Å². The molecule has 0 fully saturated rings. The Morgan fingerprint density at radius 1 is 0.486 bits per heavy atom. The molecule has 0 saturated carbocycles. The van der Waals surface area contributed by atoms with E-state index in [1.165, 1.54) is 39.0 Å². The van der Waals surface area contributed by atoms with E-state index in [-0.39, 0.29) is 0 Å². The molecule has 3 aromatic rings. The van der Waals surface area contributed by atoms with Gasteiger partial charge in [-0.1, -0.05) is 119 Å². The molecule has 0 radical (unpaired) electrons. The maximum absolute atomic E-state index is 2.58. The molecule has 1 aliphatic rings. The average molecular weight is 507 g/mol. The van der Waals surface area contributed by atoms with Crippen LogP contribution in [0.15, 0.2) is 77.5 Å². The van der Waals surface area contributed by atoms with Crippen molar-refractivity contribution in [3.05, 3.63) is 111 Å². The first-order valence-electron chi connectivity index (χ1n) is 14.7. The molecule has 194 valence electrons. The van der Waals surface area contributed by atoms with Gasteiger partial charge in [-0.15, -0.1) is 0 Å². The molecule has 0 aromatic heterocycles. The van der Waals surface area contributed by atoms with Crippen LogP contribution in [-0.4, -0.2) is 8.07 Å². The van der Waals surface area contributed by atoms with Gasteiger partial charge in [-0.05, 0) is 101 Å². The quantitative estimate of drug-likeness (QED) is 0.199. The van der Waals surface area contributed by atoms with Gasteiger partial charge in [-0.3, -0.25) is 0 Å². The van der Waals surface area contributed by atoms with Crippen LogP contribution in [0.1, 0.15) is 88.3 Å². The molecule has 37 heavy (non-hydrogen) atoms. The van der Waals surface area contributed by atoms with E-state index in [1.807, 2.05) is 0 Å². The fourth-order valence-electron chi connectivity index (χ4n) is 6.25. The fraction of sp³-hybridized carbons (Fsp3) is 0.389. The van der Waals surface area contributed by atoms with Gasteiger partial charge < -0.3 is 0 Å². The van der Waals surface area contributed by atoms with Crippen LogP contribution < -0.4 is 15.6 Å². The highest BCUT2D eigenvalue weighted by Gasteiger charge is 2.45. The summed E-state index contributed by atoms with van der Waals surface area (Å²) in [7, 11) is -2.52. The molecule has 0 N–H and O–H groups in total. The van der Waals surface area contributed by atoms with Gasteiger partial charge in [-0.25, -0.2) is 0 Å². The summed E-state index contributed by atoms with van der Waals surface area (Å²) < 4.78 is 0. The van der Waals surface area contributed by atoms with Gasteiger partial charge >= 0.3 is 0 Å². The minimum atomic E-state index is -2.52. The molecule has 4 rings (SSSR count). The lowest BCUT2D eigenvalue weighted by Crippen LogP contribution is -2.69. The van der Waals surface area contributed by atoms with E-state index < -0.39 is 8.07 Å². The molecule has 0 nitrogen and oxygen atoms in total. The normalized spacial score (nSPS) is 13.6. The highest BCUT2D eigenvalue weighted by molar-refractivity contribution is 7.16. The van der Waals surface area contributed by atoms with Crippen molar-refractivity contribution >= 4 is 23.6 Å².